The minimum atomic E-state index is -0.506. The number of esters is 1. The molecule has 0 radical (unpaired) electrons. The average Bonchev–Trinajstić information content (AvgIpc) is 2.36. The van der Waals surface area contributed by atoms with Gasteiger partial charge in [0.25, 0.3) is 0 Å². The zero-order chi connectivity index (χ0) is 15.0. The average molecular weight is 278 g/mol. The number of carbonyl (C=O) groups is 2. The first kappa shape index (κ1) is 16.1. The van der Waals surface area contributed by atoms with Gasteiger partial charge < -0.3 is 10.1 Å². The van der Waals surface area contributed by atoms with E-state index in [1.807, 2.05) is 12.1 Å². The highest BCUT2D eigenvalue weighted by atomic mass is 16.6. The molecule has 1 amide bonds. The van der Waals surface area contributed by atoms with Gasteiger partial charge in [-0.05, 0) is 38.8 Å². The molecule has 1 aromatic rings. The van der Waals surface area contributed by atoms with Gasteiger partial charge in [0.1, 0.15) is 5.60 Å². The molecule has 1 N–H and O–H groups in total. The van der Waals surface area contributed by atoms with Crippen LogP contribution in [-0.4, -0.2) is 29.0 Å². The second-order valence-corrected chi connectivity index (χ2v) is 5.55. The molecule has 0 fully saturated rings. The summed E-state index contributed by atoms with van der Waals surface area (Å²) in [7, 11) is 0. The van der Waals surface area contributed by atoms with Crippen molar-refractivity contribution in [3.05, 3.63) is 30.1 Å². The van der Waals surface area contributed by atoms with Crippen molar-refractivity contribution in [3.63, 3.8) is 0 Å². The molecular formula is C15H22N2O3. The van der Waals surface area contributed by atoms with Gasteiger partial charge in [-0.1, -0.05) is 6.07 Å². The molecule has 0 saturated heterocycles. The number of rotatable bonds is 6. The van der Waals surface area contributed by atoms with Gasteiger partial charge in [0.05, 0.1) is 6.42 Å². The van der Waals surface area contributed by atoms with Crippen LogP contribution >= 0.6 is 0 Å². The van der Waals surface area contributed by atoms with Crippen LogP contribution in [0.4, 0.5) is 0 Å². The van der Waals surface area contributed by atoms with Crippen LogP contribution in [0.1, 0.15) is 39.2 Å². The van der Waals surface area contributed by atoms with Crippen molar-refractivity contribution in [1.82, 2.24) is 10.3 Å². The third kappa shape index (κ3) is 7.51. The van der Waals surface area contributed by atoms with Crippen molar-refractivity contribution in [2.75, 3.05) is 6.54 Å². The van der Waals surface area contributed by atoms with Gasteiger partial charge in [-0.3, -0.25) is 14.6 Å². The first-order valence-electron chi connectivity index (χ1n) is 6.74. The van der Waals surface area contributed by atoms with Crippen molar-refractivity contribution in [1.29, 1.82) is 0 Å². The molecule has 0 unspecified atom stereocenters. The summed E-state index contributed by atoms with van der Waals surface area (Å²) in [5.41, 5.74) is 0.563. The smallest absolute Gasteiger partial charge is 0.306 e. The van der Waals surface area contributed by atoms with Crippen LogP contribution in [0.15, 0.2) is 24.5 Å². The second kappa shape index (κ2) is 7.62. The maximum absolute atomic E-state index is 11.6. The van der Waals surface area contributed by atoms with Gasteiger partial charge in [0.2, 0.25) is 5.91 Å². The SMILES string of the molecule is CC(C)(C)OC(=O)CCC(=O)NCCc1cccnc1. The van der Waals surface area contributed by atoms with E-state index in [4.69, 9.17) is 4.74 Å². The lowest BCUT2D eigenvalue weighted by molar-refractivity contribution is -0.155. The third-order valence-corrected chi connectivity index (χ3v) is 2.43. The van der Waals surface area contributed by atoms with Gasteiger partial charge >= 0.3 is 5.97 Å². The molecule has 0 aliphatic rings. The fourth-order valence-electron chi connectivity index (χ4n) is 1.59. The minimum absolute atomic E-state index is 0.107. The minimum Gasteiger partial charge on any atom is -0.460 e. The van der Waals surface area contributed by atoms with Crippen molar-refractivity contribution >= 4 is 11.9 Å². The molecule has 0 spiro atoms. The first-order valence-corrected chi connectivity index (χ1v) is 6.74. The standard InChI is InChI=1S/C15H22N2O3/c1-15(2,3)20-14(19)7-6-13(18)17-10-8-12-5-4-9-16-11-12/h4-5,9,11H,6-8,10H2,1-3H3,(H,17,18). The van der Waals surface area contributed by atoms with Gasteiger partial charge in [0.15, 0.2) is 0 Å². The molecule has 0 aliphatic carbocycles. The molecule has 1 aromatic heterocycles. The topological polar surface area (TPSA) is 68.3 Å². The number of aromatic nitrogens is 1. The van der Waals surface area contributed by atoms with Crippen LogP contribution in [0.3, 0.4) is 0 Å². The molecule has 110 valence electrons. The maximum Gasteiger partial charge on any atom is 0.306 e. The van der Waals surface area contributed by atoms with Crippen LogP contribution in [0, 0.1) is 0 Å². The highest BCUT2D eigenvalue weighted by Gasteiger charge is 2.16. The summed E-state index contributed by atoms with van der Waals surface area (Å²) in [5, 5.41) is 2.77. The van der Waals surface area contributed by atoms with Gasteiger partial charge in [-0.25, -0.2) is 0 Å². The first-order chi connectivity index (χ1) is 9.37. The van der Waals surface area contributed by atoms with Crippen LogP contribution < -0.4 is 5.32 Å². The summed E-state index contributed by atoms with van der Waals surface area (Å²) in [6.45, 7) is 5.95. The molecule has 0 aromatic carbocycles. The quantitative estimate of drug-likeness (QED) is 0.806. The lowest BCUT2D eigenvalue weighted by Crippen LogP contribution is -2.28. The Balaban J connectivity index is 2.16. The van der Waals surface area contributed by atoms with Gasteiger partial charge in [-0.15, -0.1) is 0 Å². The fourth-order valence-corrected chi connectivity index (χ4v) is 1.59. The van der Waals surface area contributed by atoms with Crippen LogP contribution in [0.5, 0.6) is 0 Å². The van der Waals surface area contributed by atoms with Gasteiger partial charge in [-0.2, -0.15) is 0 Å². The largest absolute Gasteiger partial charge is 0.460 e. The number of nitrogens with zero attached hydrogens (tertiary/aromatic N) is 1. The summed E-state index contributed by atoms with van der Waals surface area (Å²) in [5.74, 6) is -0.486. The molecule has 0 aliphatic heterocycles. The molecule has 0 atom stereocenters. The lowest BCUT2D eigenvalue weighted by Gasteiger charge is -2.19. The molecule has 20 heavy (non-hydrogen) atoms. The highest BCUT2D eigenvalue weighted by Crippen LogP contribution is 2.09. The molecule has 0 saturated carbocycles. The van der Waals surface area contributed by atoms with Crippen molar-refractivity contribution in [3.8, 4) is 0 Å². The van der Waals surface area contributed by atoms with Crippen molar-refractivity contribution in [2.24, 2.45) is 0 Å². The number of amides is 1. The number of pyridine rings is 1. The lowest BCUT2D eigenvalue weighted by atomic mass is 10.2. The van der Waals surface area contributed by atoms with E-state index in [2.05, 4.69) is 10.3 Å². The van der Waals surface area contributed by atoms with E-state index in [9.17, 15) is 9.59 Å². The molecular weight excluding hydrogens is 256 g/mol. The Hall–Kier alpha value is -1.91. The third-order valence-electron chi connectivity index (χ3n) is 2.43. The Kier molecular flexibility index (Phi) is 6.15. The zero-order valence-electron chi connectivity index (χ0n) is 12.3. The van der Waals surface area contributed by atoms with Crippen molar-refractivity contribution in [2.45, 2.75) is 45.6 Å². The Morgan fingerprint density at radius 2 is 2.05 bits per heavy atom. The van der Waals surface area contributed by atoms with E-state index in [0.717, 1.165) is 12.0 Å². The van der Waals surface area contributed by atoms with E-state index >= 15 is 0 Å². The summed E-state index contributed by atoms with van der Waals surface area (Å²) < 4.78 is 5.13. The van der Waals surface area contributed by atoms with Gasteiger partial charge in [0, 0.05) is 25.4 Å². The predicted molar refractivity (Wildman–Crippen MR) is 76.0 cm³/mol. The van der Waals surface area contributed by atoms with Crippen LogP contribution in [-0.2, 0) is 20.7 Å². The molecule has 5 nitrogen and oxygen atoms in total. The Morgan fingerprint density at radius 3 is 2.65 bits per heavy atom. The number of ether oxygens (including phenoxy) is 1. The van der Waals surface area contributed by atoms with Crippen molar-refractivity contribution < 1.29 is 14.3 Å². The molecule has 5 heteroatoms. The summed E-state index contributed by atoms with van der Waals surface area (Å²) in [6, 6.07) is 3.82. The Labute approximate surface area is 119 Å². The summed E-state index contributed by atoms with van der Waals surface area (Å²) in [4.78, 5) is 27.0. The molecule has 1 heterocycles. The normalized spacial score (nSPS) is 10.9. The highest BCUT2D eigenvalue weighted by molar-refractivity contribution is 5.81. The maximum atomic E-state index is 11.6. The Morgan fingerprint density at radius 1 is 1.30 bits per heavy atom. The number of nitrogens with one attached hydrogen (secondary N) is 1. The molecule has 1 rings (SSSR count). The van der Waals surface area contributed by atoms with E-state index in [1.54, 1.807) is 33.2 Å². The summed E-state index contributed by atoms with van der Waals surface area (Å²) >= 11 is 0. The number of hydrogen-bond acceptors (Lipinski definition) is 4. The fraction of sp³-hybridized carbons (Fsp3) is 0.533. The predicted octanol–water partition coefficient (Wildman–Crippen LogP) is 1.86. The van der Waals surface area contributed by atoms with E-state index in [0.29, 0.717) is 6.54 Å². The van der Waals surface area contributed by atoms with E-state index < -0.39 is 5.60 Å². The number of carbonyl (C=O) groups excluding carboxylic acids is 2. The summed E-state index contributed by atoms with van der Waals surface area (Å²) in [6.07, 6.45) is 4.47. The van der Waals surface area contributed by atoms with Crippen LogP contribution in [0.2, 0.25) is 0 Å². The van der Waals surface area contributed by atoms with E-state index in [1.165, 1.54) is 0 Å². The number of hydrogen-bond donors (Lipinski definition) is 1. The zero-order valence-corrected chi connectivity index (χ0v) is 12.3. The monoisotopic (exact) mass is 278 g/mol. The Bertz CT molecular complexity index is 438. The second-order valence-electron chi connectivity index (χ2n) is 5.55. The molecule has 0 bridgehead atoms. The van der Waals surface area contributed by atoms with E-state index in [-0.39, 0.29) is 24.7 Å². The van der Waals surface area contributed by atoms with Crippen LogP contribution in [0.25, 0.3) is 0 Å².